The molecule has 4 aromatic rings. The lowest BCUT2D eigenvalue weighted by molar-refractivity contribution is 0.656. The van der Waals surface area contributed by atoms with E-state index >= 15 is 0 Å². The van der Waals surface area contributed by atoms with Crippen LogP contribution in [0.3, 0.4) is 0 Å². The van der Waals surface area contributed by atoms with E-state index in [2.05, 4.69) is 29.2 Å². The van der Waals surface area contributed by atoms with Crippen molar-refractivity contribution in [3.63, 3.8) is 0 Å². The number of para-hydroxylation sites is 1. The van der Waals surface area contributed by atoms with Gasteiger partial charge in [-0.1, -0.05) is 60.7 Å². The molecule has 3 aromatic carbocycles. The van der Waals surface area contributed by atoms with Gasteiger partial charge >= 0.3 is 0 Å². The summed E-state index contributed by atoms with van der Waals surface area (Å²) in [5.74, 6) is 0. The van der Waals surface area contributed by atoms with E-state index < -0.39 is 0 Å². The molecule has 0 amide bonds. The topological polar surface area (TPSA) is 34.9 Å². The highest BCUT2D eigenvalue weighted by atomic mass is 16.1. The number of fused-ring (bicyclic) bond motifs is 4. The molecule has 114 valence electrons. The number of hydrogen-bond donors (Lipinski definition) is 0. The van der Waals surface area contributed by atoms with Crippen LogP contribution in [0.1, 0.15) is 17.2 Å². The highest BCUT2D eigenvalue weighted by molar-refractivity contribution is 5.80. The van der Waals surface area contributed by atoms with Gasteiger partial charge in [0.1, 0.15) is 0 Å². The third-order valence-corrected chi connectivity index (χ3v) is 4.77. The zero-order chi connectivity index (χ0) is 16.1. The summed E-state index contributed by atoms with van der Waals surface area (Å²) in [7, 11) is 0. The van der Waals surface area contributed by atoms with Crippen LogP contribution in [0.25, 0.3) is 22.0 Å². The van der Waals surface area contributed by atoms with Gasteiger partial charge in [0.25, 0.3) is 5.56 Å². The third kappa shape index (κ3) is 1.72. The Hall–Kier alpha value is -3.20. The number of nitrogens with zero attached hydrogens (tertiary/aromatic N) is 2. The molecular formula is C21H14N2O. The Balaban J connectivity index is 1.84. The van der Waals surface area contributed by atoms with Crippen LogP contribution in [0.4, 0.5) is 0 Å². The predicted molar refractivity (Wildman–Crippen MR) is 95.1 cm³/mol. The second-order valence-corrected chi connectivity index (χ2v) is 6.05. The molecule has 24 heavy (non-hydrogen) atoms. The lowest BCUT2D eigenvalue weighted by Gasteiger charge is -2.17. The van der Waals surface area contributed by atoms with Gasteiger partial charge in [-0.2, -0.15) is 0 Å². The molecule has 3 nitrogen and oxygen atoms in total. The Morgan fingerprint density at radius 2 is 1.33 bits per heavy atom. The Morgan fingerprint density at radius 3 is 2.04 bits per heavy atom. The smallest absolute Gasteiger partial charge is 0.262 e. The summed E-state index contributed by atoms with van der Waals surface area (Å²) in [6.07, 6.45) is 1.67. The van der Waals surface area contributed by atoms with Crippen LogP contribution in [0.15, 0.2) is 83.9 Å². The first-order valence-corrected chi connectivity index (χ1v) is 7.99. The van der Waals surface area contributed by atoms with Crippen molar-refractivity contribution in [2.75, 3.05) is 0 Å². The highest BCUT2D eigenvalue weighted by Gasteiger charge is 2.30. The van der Waals surface area contributed by atoms with Gasteiger partial charge in [0.15, 0.2) is 0 Å². The largest absolute Gasteiger partial charge is 0.287 e. The minimum absolute atomic E-state index is 0.00268. The van der Waals surface area contributed by atoms with Crippen molar-refractivity contribution in [3.05, 3.63) is 101 Å². The summed E-state index contributed by atoms with van der Waals surface area (Å²) in [4.78, 5) is 17.6. The van der Waals surface area contributed by atoms with E-state index in [-0.39, 0.29) is 11.6 Å². The fourth-order valence-corrected chi connectivity index (χ4v) is 3.70. The standard InChI is InChI=1S/C21H14N2O/c24-21-18-11-5-6-12-19(18)22-13-23(21)20-16-9-3-1-7-14(16)15-8-2-4-10-17(15)20/h1-13,20H. The highest BCUT2D eigenvalue weighted by Crippen LogP contribution is 2.44. The minimum atomic E-state index is -0.123. The summed E-state index contributed by atoms with van der Waals surface area (Å²) in [6.45, 7) is 0. The molecule has 0 N–H and O–H groups in total. The predicted octanol–water partition coefficient (Wildman–Crippen LogP) is 4.01. The van der Waals surface area contributed by atoms with Crippen molar-refractivity contribution in [1.29, 1.82) is 0 Å². The summed E-state index contributed by atoms with van der Waals surface area (Å²) >= 11 is 0. The zero-order valence-corrected chi connectivity index (χ0v) is 12.9. The molecule has 1 aliphatic rings. The van der Waals surface area contributed by atoms with Crippen LogP contribution in [-0.4, -0.2) is 9.55 Å². The summed E-state index contributed by atoms with van der Waals surface area (Å²) in [5.41, 5.74) is 5.42. The average molecular weight is 310 g/mol. The average Bonchev–Trinajstić information content (AvgIpc) is 2.97. The molecule has 0 saturated carbocycles. The van der Waals surface area contributed by atoms with E-state index in [1.807, 2.05) is 48.5 Å². The Morgan fingerprint density at radius 1 is 0.750 bits per heavy atom. The molecule has 5 rings (SSSR count). The van der Waals surface area contributed by atoms with Crippen molar-refractivity contribution in [1.82, 2.24) is 9.55 Å². The van der Waals surface area contributed by atoms with Gasteiger partial charge in [-0.3, -0.25) is 9.36 Å². The van der Waals surface area contributed by atoms with E-state index in [1.165, 1.54) is 11.1 Å². The van der Waals surface area contributed by atoms with Crippen LogP contribution in [0.2, 0.25) is 0 Å². The number of benzene rings is 3. The van der Waals surface area contributed by atoms with E-state index in [0.29, 0.717) is 5.39 Å². The number of aromatic nitrogens is 2. The van der Waals surface area contributed by atoms with Crippen molar-refractivity contribution in [2.45, 2.75) is 6.04 Å². The molecule has 0 spiro atoms. The van der Waals surface area contributed by atoms with E-state index in [9.17, 15) is 4.79 Å². The maximum absolute atomic E-state index is 13.1. The first kappa shape index (κ1) is 13.3. The fourth-order valence-electron chi connectivity index (χ4n) is 3.70. The third-order valence-electron chi connectivity index (χ3n) is 4.77. The Bertz CT molecular complexity index is 1100. The quantitative estimate of drug-likeness (QED) is 0.469. The summed E-state index contributed by atoms with van der Waals surface area (Å²) in [6, 6.07) is 23.9. The van der Waals surface area contributed by atoms with E-state index in [4.69, 9.17) is 0 Å². The molecule has 1 heterocycles. The molecular weight excluding hydrogens is 296 g/mol. The molecule has 0 unspecified atom stereocenters. The molecule has 0 atom stereocenters. The first-order chi connectivity index (χ1) is 11.8. The van der Waals surface area contributed by atoms with Crippen molar-refractivity contribution >= 4 is 10.9 Å². The summed E-state index contributed by atoms with van der Waals surface area (Å²) in [5, 5.41) is 0.655. The van der Waals surface area contributed by atoms with E-state index in [0.717, 1.165) is 16.6 Å². The maximum atomic E-state index is 13.1. The molecule has 0 aliphatic heterocycles. The van der Waals surface area contributed by atoms with Crippen LogP contribution < -0.4 is 5.56 Å². The van der Waals surface area contributed by atoms with Crippen LogP contribution >= 0.6 is 0 Å². The van der Waals surface area contributed by atoms with Crippen LogP contribution in [0, 0.1) is 0 Å². The Kier molecular flexibility index (Phi) is 2.71. The maximum Gasteiger partial charge on any atom is 0.262 e. The lowest BCUT2D eigenvalue weighted by atomic mass is 10.1. The van der Waals surface area contributed by atoms with Gasteiger partial charge in [-0.25, -0.2) is 4.98 Å². The van der Waals surface area contributed by atoms with Gasteiger partial charge in [0.05, 0.1) is 23.3 Å². The SMILES string of the molecule is O=c1c2ccccc2ncn1C1c2ccccc2-c2ccccc21. The monoisotopic (exact) mass is 310 g/mol. The first-order valence-electron chi connectivity index (χ1n) is 7.99. The van der Waals surface area contributed by atoms with Gasteiger partial charge in [-0.15, -0.1) is 0 Å². The van der Waals surface area contributed by atoms with Crippen molar-refractivity contribution in [3.8, 4) is 11.1 Å². The summed E-state index contributed by atoms with van der Waals surface area (Å²) < 4.78 is 1.76. The number of rotatable bonds is 1. The van der Waals surface area contributed by atoms with Crippen molar-refractivity contribution in [2.24, 2.45) is 0 Å². The van der Waals surface area contributed by atoms with Crippen LogP contribution in [0.5, 0.6) is 0 Å². The van der Waals surface area contributed by atoms with Crippen LogP contribution in [-0.2, 0) is 0 Å². The Labute approximate surface area is 138 Å². The molecule has 0 fully saturated rings. The number of hydrogen-bond acceptors (Lipinski definition) is 2. The normalized spacial score (nSPS) is 13.0. The van der Waals surface area contributed by atoms with Gasteiger partial charge < -0.3 is 0 Å². The lowest BCUT2D eigenvalue weighted by Crippen LogP contribution is -2.25. The fraction of sp³-hybridized carbons (Fsp3) is 0.0476. The molecule has 0 saturated heterocycles. The van der Waals surface area contributed by atoms with Gasteiger partial charge in [0.2, 0.25) is 0 Å². The van der Waals surface area contributed by atoms with E-state index in [1.54, 1.807) is 10.9 Å². The molecule has 1 aliphatic carbocycles. The second kappa shape index (κ2) is 4.90. The van der Waals surface area contributed by atoms with Gasteiger partial charge in [-0.05, 0) is 34.4 Å². The van der Waals surface area contributed by atoms with Crippen molar-refractivity contribution < 1.29 is 0 Å². The molecule has 3 heteroatoms. The zero-order valence-electron chi connectivity index (χ0n) is 12.9. The molecule has 0 bridgehead atoms. The molecule has 1 aromatic heterocycles. The second-order valence-electron chi connectivity index (χ2n) is 6.05. The van der Waals surface area contributed by atoms with Gasteiger partial charge in [0, 0.05) is 0 Å². The minimum Gasteiger partial charge on any atom is -0.287 e. The molecule has 0 radical (unpaired) electrons.